The number of rotatable bonds is 6. The molecule has 6 heteroatoms. The average molecular weight is 271 g/mol. The van der Waals surface area contributed by atoms with Crippen LogP contribution in [-0.2, 0) is 9.59 Å². The summed E-state index contributed by atoms with van der Waals surface area (Å²) in [5, 5.41) is 15.0. The number of carboxylic acids is 1. The van der Waals surface area contributed by atoms with Gasteiger partial charge in [-0.1, -0.05) is 13.8 Å². The van der Waals surface area contributed by atoms with Gasteiger partial charge in [-0.2, -0.15) is 0 Å². The van der Waals surface area contributed by atoms with Crippen molar-refractivity contribution in [2.24, 2.45) is 5.92 Å². The standard InChI is InChI=1S/C13H25N3O3/c1-10(2)8-11(13(18)19)15-12(17)9-16-6-3-4-14-5-7-16/h10-11,14H,3-9H2,1-2H3,(H,15,17)(H,18,19). The summed E-state index contributed by atoms with van der Waals surface area (Å²) in [6, 6.07) is -0.780. The first-order valence-corrected chi connectivity index (χ1v) is 6.94. The summed E-state index contributed by atoms with van der Waals surface area (Å²) in [6.45, 7) is 7.73. The fourth-order valence-corrected chi connectivity index (χ4v) is 2.20. The van der Waals surface area contributed by atoms with Gasteiger partial charge in [-0.15, -0.1) is 0 Å². The van der Waals surface area contributed by atoms with Gasteiger partial charge in [-0.05, 0) is 31.8 Å². The summed E-state index contributed by atoms with van der Waals surface area (Å²) < 4.78 is 0. The lowest BCUT2D eigenvalue weighted by atomic mass is 10.0. The summed E-state index contributed by atoms with van der Waals surface area (Å²) in [5.74, 6) is -0.918. The van der Waals surface area contributed by atoms with Crippen molar-refractivity contribution in [1.82, 2.24) is 15.5 Å². The van der Waals surface area contributed by atoms with Crippen LogP contribution in [0.1, 0.15) is 26.7 Å². The summed E-state index contributed by atoms with van der Waals surface area (Å²) in [6.07, 6.45) is 1.48. The van der Waals surface area contributed by atoms with E-state index >= 15 is 0 Å². The Balaban J connectivity index is 2.40. The number of carbonyl (C=O) groups is 2. The molecule has 110 valence electrons. The molecule has 1 aliphatic heterocycles. The molecule has 0 aromatic heterocycles. The first-order valence-electron chi connectivity index (χ1n) is 6.94. The van der Waals surface area contributed by atoms with Crippen molar-refractivity contribution in [2.75, 3.05) is 32.7 Å². The van der Waals surface area contributed by atoms with Crippen LogP contribution in [0.15, 0.2) is 0 Å². The van der Waals surface area contributed by atoms with Gasteiger partial charge in [-0.25, -0.2) is 4.79 Å². The largest absolute Gasteiger partial charge is 0.480 e. The van der Waals surface area contributed by atoms with Crippen LogP contribution in [0, 0.1) is 5.92 Å². The number of hydrogen-bond acceptors (Lipinski definition) is 4. The summed E-state index contributed by atoms with van der Waals surface area (Å²) >= 11 is 0. The Bertz CT molecular complexity index is 300. The fraction of sp³-hybridized carbons (Fsp3) is 0.846. The second-order valence-corrected chi connectivity index (χ2v) is 5.47. The van der Waals surface area contributed by atoms with E-state index in [4.69, 9.17) is 5.11 Å². The second kappa shape index (κ2) is 8.12. The Labute approximate surface area is 114 Å². The molecule has 3 N–H and O–H groups in total. The van der Waals surface area contributed by atoms with Crippen molar-refractivity contribution in [1.29, 1.82) is 0 Å². The normalized spacial score (nSPS) is 18.9. The predicted octanol–water partition coefficient (Wildman–Crippen LogP) is -0.103. The molecule has 0 aromatic rings. The molecule has 1 aliphatic rings. The Hall–Kier alpha value is -1.14. The van der Waals surface area contributed by atoms with E-state index in [1.165, 1.54) is 0 Å². The van der Waals surface area contributed by atoms with Crippen LogP contribution < -0.4 is 10.6 Å². The number of hydrogen-bond donors (Lipinski definition) is 3. The van der Waals surface area contributed by atoms with Gasteiger partial charge in [0.25, 0.3) is 0 Å². The maximum atomic E-state index is 11.9. The van der Waals surface area contributed by atoms with E-state index in [2.05, 4.69) is 15.5 Å². The highest BCUT2D eigenvalue weighted by Gasteiger charge is 2.22. The maximum Gasteiger partial charge on any atom is 0.326 e. The van der Waals surface area contributed by atoms with Gasteiger partial charge in [0.2, 0.25) is 5.91 Å². The zero-order valence-electron chi connectivity index (χ0n) is 11.8. The van der Waals surface area contributed by atoms with Crippen molar-refractivity contribution in [2.45, 2.75) is 32.7 Å². The van der Waals surface area contributed by atoms with E-state index in [9.17, 15) is 9.59 Å². The maximum absolute atomic E-state index is 11.9. The van der Waals surface area contributed by atoms with E-state index in [0.717, 1.165) is 32.6 Å². The smallest absolute Gasteiger partial charge is 0.326 e. The first-order chi connectivity index (χ1) is 8.99. The molecule has 1 saturated heterocycles. The highest BCUT2D eigenvalue weighted by atomic mass is 16.4. The average Bonchev–Trinajstić information content (AvgIpc) is 2.56. The molecular weight excluding hydrogens is 246 g/mol. The minimum Gasteiger partial charge on any atom is -0.480 e. The highest BCUT2D eigenvalue weighted by Crippen LogP contribution is 2.05. The molecule has 0 spiro atoms. The van der Waals surface area contributed by atoms with Crippen molar-refractivity contribution in [3.05, 3.63) is 0 Å². The van der Waals surface area contributed by atoms with E-state index in [-0.39, 0.29) is 18.4 Å². The van der Waals surface area contributed by atoms with Crippen LogP contribution in [0.25, 0.3) is 0 Å². The summed E-state index contributed by atoms with van der Waals surface area (Å²) in [7, 11) is 0. The molecule has 6 nitrogen and oxygen atoms in total. The third-order valence-corrected chi connectivity index (χ3v) is 3.14. The summed E-state index contributed by atoms with van der Waals surface area (Å²) in [5.41, 5.74) is 0. The third kappa shape index (κ3) is 6.54. The molecular formula is C13H25N3O3. The molecule has 0 aromatic carbocycles. The van der Waals surface area contributed by atoms with E-state index < -0.39 is 12.0 Å². The quantitative estimate of drug-likeness (QED) is 0.628. The molecule has 0 saturated carbocycles. The third-order valence-electron chi connectivity index (χ3n) is 3.14. The van der Waals surface area contributed by atoms with Crippen LogP contribution in [-0.4, -0.2) is 60.6 Å². The van der Waals surface area contributed by atoms with Crippen LogP contribution >= 0.6 is 0 Å². The van der Waals surface area contributed by atoms with Gasteiger partial charge in [0, 0.05) is 13.1 Å². The predicted molar refractivity (Wildman–Crippen MR) is 72.9 cm³/mol. The number of carboxylic acid groups (broad SMARTS) is 1. The molecule has 1 unspecified atom stereocenters. The molecule has 1 rings (SSSR count). The lowest BCUT2D eigenvalue weighted by molar-refractivity contribution is -0.142. The van der Waals surface area contributed by atoms with Crippen molar-refractivity contribution >= 4 is 11.9 Å². The second-order valence-electron chi connectivity index (χ2n) is 5.47. The van der Waals surface area contributed by atoms with E-state index in [1.54, 1.807) is 0 Å². The van der Waals surface area contributed by atoms with E-state index in [1.807, 2.05) is 13.8 Å². The molecule has 19 heavy (non-hydrogen) atoms. The molecule has 1 fully saturated rings. The van der Waals surface area contributed by atoms with Crippen LogP contribution in [0.2, 0.25) is 0 Å². The lowest BCUT2D eigenvalue weighted by Crippen LogP contribution is -2.46. The molecule has 0 bridgehead atoms. The SMILES string of the molecule is CC(C)CC(NC(=O)CN1CCCNCC1)C(=O)O. The topological polar surface area (TPSA) is 81.7 Å². The Morgan fingerprint density at radius 3 is 2.68 bits per heavy atom. The highest BCUT2D eigenvalue weighted by molar-refractivity contribution is 5.84. The molecule has 1 amide bonds. The van der Waals surface area contributed by atoms with Gasteiger partial charge < -0.3 is 15.7 Å². The van der Waals surface area contributed by atoms with Gasteiger partial charge in [0.1, 0.15) is 6.04 Å². The van der Waals surface area contributed by atoms with Gasteiger partial charge >= 0.3 is 5.97 Å². The van der Waals surface area contributed by atoms with Crippen LogP contribution in [0.5, 0.6) is 0 Å². The molecule has 0 radical (unpaired) electrons. The van der Waals surface area contributed by atoms with Crippen molar-refractivity contribution in [3.8, 4) is 0 Å². The number of amides is 1. The fourth-order valence-electron chi connectivity index (χ4n) is 2.20. The Kier molecular flexibility index (Phi) is 6.80. The minimum absolute atomic E-state index is 0.199. The van der Waals surface area contributed by atoms with Crippen molar-refractivity contribution in [3.63, 3.8) is 0 Å². The zero-order valence-corrected chi connectivity index (χ0v) is 11.8. The van der Waals surface area contributed by atoms with Crippen LogP contribution in [0.3, 0.4) is 0 Å². The number of carbonyl (C=O) groups excluding carboxylic acids is 1. The Morgan fingerprint density at radius 1 is 1.32 bits per heavy atom. The van der Waals surface area contributed by atoms with Gasteiger partial charge in [0.05, 0.1) is 6.54 Å². The first kappa shape index (κ1) is 15.9. The summed E-state index contributed by atoms with van der Waals surface area (Å²) in [4.78, 5) is 25.0. The minimum atomic E-state index is -0.959. The number of nitrogens with one attached hydrogen (secondary N) is 2. The van der Waals surface area contributed by atoms with Gasteiger partial charge in [-0.3, -0.25) is 9.69 Å². The Morgan fingerprint density at radius 2 is 2.05 bits per heavy atom. The monoisotopic (exact) mass is 271 g/mol. The number of nitrogens with zero attached hydrogens (tertiary/aromatic N) is 1. The molecule has 0 aliphatic carbocycles. The van der Waals surface area contributed by atoms with Gasteiger partial charge in [0.15, 0.2) is 0 Å². The lowest BCUT2D eigenvalue weighted by Gasteiger charge is -2.21. The van der Waals surface area contributed by atoms with E-state index in [0.29, 0.717) is 6.42 Å². The number of aliphatic carboxylic acids is 1. The van der Waals surface area contributed by atoms with Crippen molar-refractivity contribution < 1.29 is 14.7 Å². The molecule has 1 heterocycles. The molecule has 1 atom stereocenters. The zero-order chi connectivity index (χ0) is 14.3. The van der Waals surface area contributed by atoms with Crippen LogP contribution in [0.4, 0.5) is 0 Å².